The molecule has 4 rings (SSSR count). The summed E-state index contributed by atoms with van der Waals surface area (Å²) >= 11 is 1.56. The SMILES string of the molecule is Cc1ocnc1-c1nc(-c2c[nH]c3ncccc23)cs1. The van der Waals surface area contributed by atoms with Crippen LogP contribution in [0.2, 0.25) is 0 Å². The topological polar surface area (TPSA) is 67.6 Å². The summed E-state index contributed by atoms with van der Waals surface area (Å²) in [6.07, 6.45) is 5.15. The van der Waals surface area contributed by atoms with Crippen LogP contribution in [0.15, 0.2) is 40.7 Å². The van der Waals surface area contributed by atoms with Crippen LogP contribution < -0.4 is 0 Å². The number of hydrogen-bond donors (Lipinski definition) is 1. The minimum atomic E-state index is 0.784. The van der Waals surface area contributed by atoms with Gasteiger partial charge in [0.1, 0.15) is 22.1 Å². The van der Waals surface area contributed by atoms with Crippen molar-refractivity contribution in [1.29, 1.82) is 0 Å². The van der Waals surface area contributed by atoms with Crippen LogP contribution in [-0.4, -0.2) is 19.9 Å². The van der Waals surface area contributed by atoms with Gasteiger partial charge in [-0.1, -0.05) is 0 Å². The number of fused-ring (bicyclic) bond motifs is 1. The van der Waals surface area contributed by atoms with Gasteiger partial charge in [-0.2, -0.15) is 0 Å². The zero-order chi connectivity index (χ0) is 13.5. The lowest BCUT2D eigenvalue weighted by Gasteiger charge is -1.93. The maximum atomic E-state index is 5.23. The van der Waals surface area contributed by atoms with Gasteiger partial charge < -0.3 is 9.40 Å². The Morgan fingerprint density at radius 1 is 1.30 bits per heavy atom. The van der Waals surface area contributed by atoms with E-state index in [1.165, 1.54) is 6.39 Å². The average Bonchev–Trinajstić information content (AvgIpc) is 3.15. The molecule has 0 aliphatic heterocycles. The Morgan fingerprint density at radius 2 is 2.25 bits per heavy atom. The second-order valence-corrected chi connectivity index (χ2v) is 5.26. The molecule has 5 nitrogen and oxygen atoms in total. The van der Waals surface area contributed by atoms with Crippen LogP contribution >= 0.6 is 11.3 Å². The fraction of sp³-hybridized carbons (Fsp3) is 0.0714. The number of aryl methyl sites for hydroxylation is 1. The molecule has 0 aliphatic carbocycles. The molecular weight excluding hydrogens is 272 g/mol. The van der Waals surface area contributed by atoms with E-state index in [-0.39, 0.29) is 0 Å². The van der Waals surface area contributed by atoms with Gasteiger partial charge in [-0.25, -0.2) is 15.0 Å². The summed E-state index contributed by atoms with van der Waals surface area (Å²) in [7, 11) is 0. The highest BCUT2D eigenvalue weighted by Crippen LogP contribution is 2.32. The third kappa shape index (κ3) is 1.65. The predicted octanol–water partition coefficient (Wildman–Crippen LogP) is 3.65. The number of oxazole rings is 1. The van der Waals surface area contributed by atoms with E-state index in [1.54, 1.807) is 17.5 Å². The number of nitrogens with zero attached hydrogens (tertiary/aromatic N) is 3. The summed E-state index contributed by atoms with van der Waals surface area (Å²) in [5.74, 6) is 0.784. The van der Waals surface area contributed by atoms with Gasteiger partial charge in [0.15, 0.2) is 6.39 Å². The van der Waals surface area contributed by atoms with Crippen molar-refractivity contribution < 1.29 is 4.42 Å². The van der Waals surface area contributed by atoms with E-state index in [0.717, 1.165) is 38.8 Å². The quantitative estimate of drug-likeness (QED) is 0.609. The molecule has 0 spiro atoms. The van der Waals surface area contributed by atoms with E-state index in [9.17, 15) is 0 Å². The number of thiazole rings is 1. The first-order valence-electron chi connectivity index (χ1n) is 6.11. The number of aromatic amines is 1. The lowest BCUT2D eigenvalue weighted by molar-refractivity contribution is 0.527. The molecule has 0 aromatic carbocycles. The molecule has 20 heavy (non-hydrogen) atoms. The van der Waals surface area contributed by atoms with Crippen molar-refractivity contribution in [3.63, 3.8) is 0 Å². The maximum Gasteiger partial charge on any atom is 0.181 e. The molecule has 0 atom stereocenters. The van der Waals surface area contributed by atoms with Crippen molar-refractivity contribution in [2.45, 2.75) is 6.92 Å². The van der Waals surface area contributed by atoms with Crippen molar-refractivity contribution in [3.8, 4) is 22.0 Å². The van der Waals surface area contributed by atoms with Crippen LogP contribution in [0, 0.1) is 6.92 Å². The molecule has 0 saturated heterocycles. The molecule has 1 N–H and O–H groups in total. The van der Waals surface area contributed by atoms with Gasteiger partial charge in [0.2, 0.25) is 0 Å². The highest BCUT2D eigenvalue weighted by atomic mass is 32.1. The number of aromatic nitrogens is 4. The highest BCUT2D eigenvalue weighted by Gasteiger charge is 2.14. The van der Waals surface area contributed by atoms with Gasteiger partial charge in [-0.15, -0.1) is 11.3 Å². The molecule has 0 bridgehead atoms. The van der Waals surface area contributed by atoms with Crippen molar-refractivity contribution in [2.75, 3.05) is 0 Å². The first-order valence-corrected chi connectivity index (χ1v) is 6.99. The number of hydrogen-bond acceptors (Lipinski definition) is 5. The van der Waals surface area contributed by atoms with Crippen LogP contribution in [0.5, 0.6) is 0 Å². The Bertz CT molecular complexity index is 889. The average molecular weight is 282 g/mol. The van der Waals surface area contributed by atoms with Gasteiger partial charge >= 0.3 is 0 Å². The molecule has 0 radical (unpaired) electrons. The Morgan fingerprint density at radius 3 is 3.10 bits per heavy atom. The zero-order valence-electron chi connectivity index (χ0n) is 10.6. The monoisotopic (exact) mass is 282 g/mol. The second-order valence-electron chi connectivity index (χ2n) is 4.40. The molecule has 4 aromatic heterocycles. The summed E-state index contributed by atoms with van der Waals surface area (Å²) < 4.78 is 5.23. The van der Waals surface area contributed by atoms with Crippen LogP contribution in [0.25, 0.3) is 33.0 Å². The normalized spacial score (nSPS) is 11.2. The van der Waals surface area contributed by atoms with Crippen LogP contribution in [0.1, 0.15) is 5.76 Å². The Labute approximate surface area is 118 Å². The smallest absolute Gasteiger partial charge is 0.181 e. The fourth-order valence-corrected chi connectivity index (χ4v) is 3.05. The van der Waals surface area contributed by atoms with Gasteiger partial charge in [-0.05, 0) is 19.1 Å². The molecule has 0 aliphatic rings. The van der Waals surface area contributed by atoms with Gasteiger partial charge in [0, 0.05) is 28.7 Å². The van der Waals surface area contributed by atoms with Crippen molar-refractivity contribution in [1.82, 2.24) is 19.9 Å². The van der Waals surface area contributed by atoms with Crippen LogP contribution in [0.4, 0.5) is 0 Å². The minimum absolute atomic E-state index is 0.784. The molecule has 0 saturated carbocycles. The molecule has 0 amide bonds. The molecule has 98 valence electrons. The van der Waals surface area contributed by atoms with Gasteiger partial charge in [-0.3, -0.25) is 0 Å². The third-order valence-corrected chi connectivity index (χ3v) is 4.03. The molecule has 6 heteroatoms. The molecule has 4 heterocycles. The fourth-order valence-electron chi connectivity index (χ4n) is 2.18. The molecule has 0 fully saturated rings. The van der Waals surface area contributed by atoms with Crippen molar-refractivity contribution >= 4 is 22.4 Å². The largest absolute Gasteiger partial charge is 0.448 e. The van der Waals surface area contributed by atoms with E-state index in [0.29, 0.717) is 0 Å². The summed E-state index contributed by atoms with van der Waals surface area (Å²) in [6.45, 7) is 1.89. The van der Waals surface area contributed by atoms with Crippen molar-refractivity contribution in [3.05, 3.63) is 42.1 Å². The third-order valence-electron chi connectivity index (χ3n) is 3.18. The van der Waals surface area contributed by atoms with E-state index in [2.05, 4.69) is 19.9 Å². The minimum Gasteiger partial charge on any atom is -0.448 e. The Hall–Kier alpha value is -2.47. The van der Waals surface area contributed by atoms with Gasteiger partial charge in [0.05, 0.1) is 5.69 Å². The number of H-pyrrole nitrogens is 1. The number of pyridine rings is 1. The Kier molecular flexibility index (Phi) is 2.43. The highest BCUT2D eigenvalue weighted by molar-refractivity contribution is 7.13. The maximum absolute atomic E-state index is 5.23. The lowest BCUT2D eigenvalue weighted by atomic mass is 10.2. The van der Waals surface area contributed by atoms with E-state index < -0.39 is 0 Å². The number of nitrogens with one attached hydrogen (secondary N) is 1. The molecule has 4 aromatic rings. The first-order chi connectivity index (χ1) is 9.83. The van der Waals surface area contributed by atoms with Gasteiger partial charge in [0.25, 0.3) is 0 Å². The summed E-state index contributed by atoms with van der Waals surface area (Å²) in [4.78, 5) is 16.3. The molecular formula is C14H10N4OS. The van der Waals surface area contributed by atoms with E-state index in [1.807, 2.05) is 30.6 Å². The standard InChI is InChI=1S/C14H10N4OS/c1-8-12(17-7-19-8)14-18-11(6-20-14)10-5-16-13-9(10)3-2-4-15-13/h2-7H,1H3,(H,15,16). The first kappa shape index (κ1) is 11.4. The van der Waals surface area contributed by atoms with Crippen molar-refractivity contribution in [2.24, 2.45) is 0 Å². The summed E-state index contributed by atoms with van der Waals surface area (Å²) in [5, 5.41) is 3.96. The van der Waals surface area contributed by atoms with E-state index >= 15 is 0 Å². The lowest BCUT2D eigenvalue weighted by Crippen LogP contribution is -1.80. The summed E-state index contributed by atoms with van der Waals surface area (Å²) in [5.41, 5.74) is 3.65. The Balaban J connectivity index is 1.84. The second kappa shape index (κ2) is 4.28. The van der Waals surface area contributed by atoms with Crippen LogP contribution in [-0.2, 0) is 0 Å². The summed E-state index contributed by atoms with van der Waals surface area (Å²) in [6, 6.07) is 3.96. The zero-order valence-corrected chi connectivity index (χ0v) is 11.4. The predicted molar refractivity (Wildman–Crippen MR) is 77.4 cm³/mol. The molecule has 0 unspecified atom stereocenters. The van der Waals surface area contributed by atoms with E-state index in [4.69, 9.17) is 4.42 Å². The van der Waals surface area contributed by atoms with Crippen LogP contribution in [0.3, 0.4) is 0 Å². The number of rotatable bonds is 2.